The number of alkyl halides is 3. The van der Waals surface area contributed by atoms with Crippen LogP contribution in [0.4, 0.5) is 24.7 Å². The van der Waals surface area contributed by atoms with Crippen LogP contribution in [0.5, 0.6) is 5.75 Å². The minimum Gasteiger partial charge on any atom is -0.508 e. The number of aromatic nitrogens is 2. The van der Waals surface area contributed by atoms with Crippen LogP contribution in [0.3, 0.4) is 0 Å². The molecule has 1 aliphatic rings. The molecule has 1 aliphatic heterocycles. The number of aliphatic hydroxyl groups is 1. The predicted octanol–water partition coefficient (Wildman–Crippen LogP) is 4.06. The Balaban J connectivity index is 1.22. The van der Waals surface area contributed by atoms with Crippen molar-refractivity contribution in [1.82, 2.24) is 15.3 Å². The molecule has 4 heterocycles. The number of fused-ring (bicyclic) bond motifs is 1. The number of aliphatic hydroxyl groups excluding tert-OH is 1. The van der Waals surface area contributed by atoms with Crippen LogP contribution < -0.4 is 21.7 Å². The topological polar surface area (TPSA) is 151 Å². The number of amides is 1. The zero-order chi connectivity index (χ0) is 28.6. The first-order valence-electron chi connectivity index (χ1n) is 12.5. The summed E-state index contributed by atoms with van der Waals surface area (Å²) in [5.74, 6) is -0.582. The standard InChI is InChI=1S/C27H27F3N6O3S/c28-27(29,30)18-11-21(35-26-22(18)23(31)24(40-26)25(32)39)36-8-6-16(7-9-36)33-13-20(38)19-5-4-15(12-34-19)14-2-1-3-17(37)10-14/h1-5,10-12,16,20,33,37-38H,6-9,13,31H2,(H2,32,39). The van der Waals surface area contributed by atoms with E-state index in [2.05, 4.69) is 15.3 Å². The van der Waals surface area contributed by atoms with Gasteiger partial charge in [0.15, 0.2) is 0 Å². The maximum Gasteiger partial charge on any atom is 0.417 e. The molecule has 1 fully saturated rings. The van der Waals surface area contributed by atoms with Gasteiger partial charge in [-0.15, -0.1) is 11.3 Å². The number of carbonyl (C=O) groups excluding carboxylic acids is 1. The number of nitrogens with zero attached hydrogens (tertiary/aromatic N) is 3. The van der Waals surface area contributed by atoms with Crippen LogP contribution in [0, 0.1) is 0 Å². The van der Waals surface area contributed by atoms with E-state index in [1.165, 1.54) is 0 Å². The molecule has 0 saturated carbocycles. The molecule has 0 bridgehead atoms. The van der Waals surface area contributed by atoms with Gasteiger partial charge in [-0.25, -0.2) is 4.98 Å². The quantitative estimate of drug-likeness (QED) is 0.223. The minimum absolute atomic E-state index is 0.0158. The molecule has 3 aromatic heterocycles. The Morgan fingerprint density at radius 1 is 1.18 bits per heavy atom. The SMILES string of the molecule is NC(=O)c1sc2nc(N3CCC(NCC(O)c4ccc(-c5cccc(O)c5)cn4)CC3)cc(C(F)(F)F)c2c1N. The number of nitrogens with two attached hydrogens (primary N) is 2. The van der Waals surface area contributed by atoms with Crippen LogP contribution in [0.1, 0.15) is 39.9 Å². The predicted molar refractivity (Wildman–Crippen MR) is 147 cm³/mol. The minimum atomic E-state index is -4.69. The van der Waals surface area contributed by atoms with E-state index in [1.54, 1.807) is 35.4 Å². The smallest absolute Gasteiger partial charge is 0.417 e. The summed E-state index contributed by atoms with van der Waals surface area (Å²) in [6.07, 6.45) is -2.66. The molecule has 40 heavy (non-hydrogen) atoms. The fourth-order valence-corrected chi connectivity index (χ4v) is 5.80. The van der Waals surface area contributed by atoms with Crippen LogP contribution in [0.2, 0.25) is 0 Å². The van der Waals surface area contributed by atoms with E-state index in [9.17, 15) is 28.2 Å². The van der Waals surface area contributed by atoms with Crippen molar-refractivity contribution in [3.05, 3.63) is 64.8 Å². The number of aromatic hydroxyl groups is 1. The number of nitrogen functional groups attached to an aromatic ring is 1. The number of hydrogen-bond donors (Lipinski definition) is 5. The molecule has 5 rings (SSSR count). The van der Waals surface area contributed by atoms with Gasteiger partial charge in [-0.3, -0.25) is 9.78 Å². The number of thiophene rings is 1. The number of hydrogen-bond acceptors (Lipinski definition) is 9. The Morgan fingerprint density at radius 2 is 1.93 bits per heavy atom. The van der Waals surface area contributed by atoms with Crippen molar-refractivity contribution in [3.8, 4) is 16.9 Å². The summed E-state index contributed by atoms with van der Waals surface area (Å²) in [5.41, 5.74) is 12.0. The Morgan fingerprint density at radius 3 is 2.55 bits per heavy atom. The highest BCUT2D eigenvalue weighted by molar-refractivity contribution is 7.21. The molecule has 7 N–H and O–H groups in total. The second-order valence-electron chi connectivity index (χ2n) is 9.62. The van der Waals surface area contributed by atoms with Gasteiger partial charge in [0, 0.05) is 42.8 Å². The molecule has 13 heteroatoms. The Bertz CT molecular complexity index is 1540. The molecule has 210 valence electrons. The van der Waals surface area contributed by atoms with Crippen molar-refractivity contribution in [2.24, 2.45) is 5.73 Å². The fourth-order valence-electron chi connectivity index (χ4n) is 4.83. The van der Waals surface area contributed by atoms with Gasteiger partial charge >= 0.3 is 6.18 Å². The molecule has 1 saturated heterocycles. The molecule has 9 nitrogen and oxygen atoms in total. The number of rotatable bonds is 7. The van der Waals surface area contributed by atoms with E-state index in [1.807, 2.05) is 12.1 Å². The number of benzene rings is 1. The Hall–Kier alpha value is -3.94. The molecule has 0 spiro atoms. The molecule has 1 unspecified atom stereocenters. The highest BCUT2D eigenvalue weighted by atomic mass is 32.1. The summed E-state index contributed by atoms with van der Waals surface area (Å²) in [7, 11) is 0. The molecule has 1 atom stereocenters. The number of piperidine rings is 1. The highest BCUT2D eigenvalue weighted by Gasteiger charge is 2.37. The van der Waals surface area contributed by atoms with E-state index in [0.717, 1.165) is 28.5 Å². The maximum absolute atomic E-state index is 13.9. The third-order valence-electron chi connectivity index (χ3n) is 6.94. The first kappa shape index (κ1) is 27.6. The number of phenols is 1. The Labute approximate surface area is 231 Å². The number of pyridine rings is 2. The lowest BCUT2D eigenvalue weighted by atomic mass is 10.0. The lowest BCUT2D eigenvalue weighted by Gasteiger charge is -2.34. The summed E-state index contributed by atoms with van der Waals surface area (Å²) in [6.45, 7) is 1.16. The number of phenolic OH excluding ortho intramolecular Hbond substituents is 1. The Kier molecular flexibility index (Phi) is 7.53. The van der Waals surface area contributed by atoms with Gasteiger partial charge in [0.05, 0.1) is 16.9 Å². The zero-order valence-corrected chi connectivity index (χ0v) is 22.0. The van der Waals surface area contributed by atoms with Crippen LogP contribution >= 0.6 is 11.3 Å². The van der Waals surface area contributed by atoms with Crippen LogP contribution in [-0.4, -0.2) is 51.8 Å². The highest BCUT2D eigenvalue weighted by Crippen LogP contribution is 2.43. The number of nitrogens with one attached hydrogen (secondary N) is 1. The number of halogens is 3. The van der Waals surface area contributed by atoms with E-state index >= 15 is 0 Å². The van der Waals surface area contributed by atoms with Gasteiger partial charge in [-0.05, 0) is 42.7 Å². The van der Waals surface area contributed by atoms with Gasteiger partial charge in [0.1, 0.15) is 27.4 Å². The first-order valence-corrected chi connectivity index (χ1v) is 13.3. The van der Waals surface area contributed by atoms with Gasteiger partial charge in [0.25, 0.3) is 5.91 Å². The lowest BCUT2D eigenvalue weighted by molar-refractivity contribution is -0.136. The monoisotopic (exact) mass is 572 g/mol. The van der Waals surface area contributed by atoms with E-state index in [0.29, 0.717) is 31.6 Å². The summed E-state index contributed by atoms with van der Waals surface area (Å²) < 4.78 is 41.7. The van der Waals surface area contributed by atoms with Gasteiger partial charge in [0.2, 0.25) is 0 Å². The van der Waals surface area contributed by atoms with Crippen molar-refractivity contribution < 1.29 is 28.2 Å². The normalized spacial score (nSPS) is 15.4. The number of anilines is 2. The molecule has 4 aromatic rings. The molecular weight excluding hydrogens is 545 g/mol. The second kappa shape index (κ2) is 10.9. The average Bonchev–Trinajstić information content (AvgIpc) is 3.27. The summed E-state index contributed by atoms with van der Waals surface area (Å²) >= 11 is 0.756. The number of primary amides is 1. The maximum atomic E-state index is 13.9. The van der Waals surface area contributed by atoms with Crippen molar-refractivity contribution >= 4 is 39.0 Å². The van der Waals surface area contributed by atoms with E-state index < -0.39 is 23.8 Å². The van der Waals surface area contributed by atoms with Gasteiger partial charge < -0.3 is 31.9 Å². The third kappa shape index (κ3) is 5.67. The second-order valence-corrected chi connectivity index (χ2v) is 10.6. The van der Waals surface area contributed by atoms with Crippen LogP contribution in [0.25, 0.3) is 21.3 Å². The van der Waals surface area contributed by atoms with Crippen molar-refractivity contribution in [2.45, 2.75) is 31.2 Å². The van der Waals surface area contributed by atoms with Gasteiger partial charge in [-0.2, -0.15) is 13.2 Å². The average molecular weight is 573 g/mol. The molecule has 0 aliphatic carbocycles. The zero-order valence-electron chi connectivity index (χ0n) is 21.2. The third-order valence-corrected chi connectivity index (χ3v) is 8.05. The van der Waals surface area contributed by atoms with Crippen molar-refractivity contribution in [3.63, 3.8) is 0 Å². The summed E-state index contributed by atoms with van der Waals surface area (Å²) in [6, 6.07) is 11.4. The van der Waals surface area contributed by atoms with Gasteiger partial charge in [-0.1, -0.05) is 18.2 Å². The van der Waals surface area contributed by atoms with Crippen molar-refractivity contribution in [2.75, 3.05) is 30.3 Å². The largest absolute Gasteiger partial charge is 0.508 e. The number of carbonyl (C=O) groups is 1. The van der Waals surface area contributed by atoms with Crippen LogP contribution in [-0.2, 0) is 6.18 Å². The van der Waals surface area contributed by atoms with Crippen LogP contribution in [0.15, 0.2) is 48.7 Å². The lowest BCUT2D eigenvalue weighted by Crippen LogP contribution is -2.44. The summed E-state index contributed by atoms with van der Waals surface area (Å²) in [5, 5.41) is 23.3. The molecular formula is C27H27F3N6O3S. The molecule has 1 aromatic carbocycles. The van der Waals surface area contributed by atoms with Crippen molar-refractivity contribution in [1.29, 1.82) is 0 Å². The molecule has 0 radical (unpaired) electrons. The summed E-state index contributed by atoms with van der Waals surface area (Å²) in [4.78, 5) is 22.0. The van der Waals surface area contributed by atoms with E-state index in [4.69, 9.17) is 11.5 Å². The first-order chi connectivity index (χ1) is 19.0. The molecule has 1 amide bonds. The van der Waals surface area contributed by atoms with E-state index in [-0.39, 0.29) is 44.9 Å². The fraction of sp³-hybridized carbons (Fsp3) is 0.296.